The van der Waals surface area contributed by atoms with Crippen LogP contribution in [0.25, 0.3) is 10.9 Å². The van der Waals surface area contributed by atoms with Crippen LogP contribution >= 0.6 is 11.8 Å². The molecule has 0 unspecified atom stereocenters. The van der Waals surface area contributed by atoms with Gasteiger partial charge in [-0.1, -0.05) is 25.1 Å². The summed E-state index contributed by atoms with van der Waals surface area (Å²) in [5.74, 6) is 2.29. The van der Waals surface area contributed by atoms with Crippen molar-refractivity contribution in [3.8, 4) is 5.88 Å². The lowest BCUT2D eigenvalue weighted by Crippen LogP contribution is -2.22. The maximum atomic E-state index is 10.8. The smallest absolute Gasteiger partial charge is 0.221 e. The normalized spacial score (nSPS) is 15.1. The second-order valence-electron chi connectivity index (χ2n) is 6.48. The highest BCUT2D eigenvalue weighted by Crippen LogP contribution is 2.45. The number of hydrogen-bond donors (Lipinski definition) is 1. The number of thioether (sulfide) groups is 1. The van der Waals surface area contributed by atoms with Gasteiger partial charge in [-0.3, -0.25) is 0 Å². The number of aromatic nitrogens is 1. The molecule has 1 saturated heterocycles. The molecule has 0 saturated carbocycles. The summed E-state index contributed by atoms with van der Waals surface area (Å²) < 4.78 is 2.02. The summed E-state index contributed by atoms with van der Waals surface area (Å²) in [6.07, 6.45) is 0.954. The number of aryl methyl sites for hydroxylation is 2. The minimum Gasteiger partial charge on any atom is -0.493 e. The van der Waals surface area contributed by atoms with Crippen molar-refractivity contribution in [2.24, 2.45) is 10.2 Å². The summed E-state index contributed by atoms with van der Waals surface area (Å²) in [7, 11) is 0. The monoisotopic (exact) mass is 351 g/mol. The van der Waals surface area contributed by atoms with Gasteiger partial charge in [0.25, 0.3) is 0 Å². The van der Waals surface area contributed by atoms with Crippen molar-refractivity contribution < 1.29 is 5.11 Å². The van der Waals surface area contributed by atoms with Gasteiger partial charge in [-0.05, 0) is 48.7 Å². The van der Waals surface area contributed by atoms with Crippen LogP contribution in [-0.2, 0) is 6.42 Å². The Morgan fingerprint density at radius 2 is 2.00 bits per heavy atom. The van der Waals surface area contributed by atoms with Gasteiger partial charge in [0.2, 0.25) is 5.88 Å². The molecule has 2 aromatic carbocycles. The first-order valence-electron chi connectivity index (χ1n) is 8.59. The molecular weight excluding hydrogens is 330 g/mol. The number of benzene rings is 2. The second-order valence-corrected chi connectivity index (χ2v) is 7.55. The SMILES string of the molecule is CCc1ccc2c(c1)c(N=Nc1cccc(C)c1)c(O)n2C1CSC1. The molecule has 2 heterocycles. The molecule has 0 radical (unpaired) electrons. The number of aromatic hydroxyl groups is 1. The summed E-state index contributed by atoms with van der Waals surface area (Å²) >= 11 is 1.90. The summed E-state index contributed by atoms with van der Waals surface area (Å²) in [6.45, 7) is 4.17. The van der Waals surface area contributed by atoms with Crippen LogP contribution in [0.4, 0.5) is 11.4 Å². The highest BCUT2D eigenvalue weighted by Gasteiger charge is 2.27. The highest BCUT2D eigenvalue weighted by molar-refractivity contribution is 8.00. The molecule has 1 N–H and O–H groups in total. The third-order valence-electron chi connectivity index (χ3n) is 4.68. The van der Waals surface area contributed by atoms with Gasteiger partial charge >= 0.3 is 0 Å². The van der Waals surface area contributed by atoms with E-state index in [0.717, 1.165) is 40.1 Å². The second kappa shape index (κ2) is 6.56. The quantitative estimate of drug-likeness (QED) is 0.593. The number of azo groups is 1. The van der Waals surface area contributed by atoms with Crippen molar-refractivity contribution in [1.82, 2.24) is 4.57 Å². The van der Waals surface area contributed by atoms with Crippen molar-refractivity contribution in [1.29, 1.82) is 0 Å². The van der Waals surface area contributed by atoms with Crippen LogP contribution in [0.1, 0.15) is 24.1 Å². The van der Waals surface area contributed by atoms with Crippen molar-refractivity contribution in [3.05, 3.63) is 53.6 Å². The molecular formula is C20H21N3OS. The fourth-order valence-corrected chi connectivity index (χ4v) is 3.93. The zero-order valence-corrected chi connectivity index (χ0v) is 15.3. The Labute approximate surface area is 151 Å². The van der Waals surface area contributed by atoms with Crippen molar-refractivity contribution >= 4 is 34.0 Å². The van der Waals surface area contributed by atoms with Crippen molar-refractivity contribution in [2.75, 3.05) is 11.5 Å². The van der Waals surface area contributed by atoms with E-state index in [2.05, 4.69) is 35.4 Å². The Hall–Kier alpha value is -2.27. The number of fused-ring (bicyclic) bond motifs is 1. The topological polar surface area (TPSA) is 49.9 Å². The Morgan fingerprint density at radius 1 is 1.16 bits per heavy atom. The average molecular weight is 351 g/mol. The van der Waals surface area contributed by atoms with Crippen LogP contribution in [0, 0.1) is 6.92 Å². The predicted octanol–water partition coefficient (Wildman–Crippen LogP) is 5.92. The van der Waals surface area contributed by atoms with Crippen LogP contribution in [0.5, 0.6) is 5.88 Å². The Kier molecular flexibility index (Phi) is 4.25. The van der Waals surface area contributed by atoms with E-state index in [1.807, 2.05) is 47.5 Å². The molecule has 3 aromatic rings. The van der Waals surface area contributed by atoms with E-state index in [1.54, 1.807) is 0 Å². The number of rotatable bonds is 4. The molecule has 1 aliphatic heterocycles. The van der Waals surface area contributed by atoms with Gasteiger partial charge in [0.15, 0.2) is 5.69 Å². The first kappa shape index (κ1) is 16.2. The molecule has 4 nitrogen and oxygen atoms in total. The van der Waals surface area contributed by atoms with Gasteiger partial charge in [-0.25, -0.2) is 0 Å². The lowest BCUT2D eigenvalue weighted by atomic mass is 10.1. The lowest BCUT2D eigenvalue weighted by Gasteiger charge is -2.27. The number of hydrogen-bond acceptors (Lipinski definition) is 4. The third kappa shape index (κ3) is 2.93. The molecule has 1 aliphatic rings. The van der Waals surface area contributed by atoms with E-state index in [1.165, 1.54) is 5.56 Å². The molecule has 25 heavy (non-hydrogen) atoms. The van der Waals surface area contributed by atoms with Gasteiger partial charge in [0, 0.05) is 16.9 Å². The van der Waals surface area contributed by atoms with Crippen LogP contribution in [0.15, 0.2) is 52.7 Å². The fourth-order valence-electron chi connectivity index (χ4n) is 3.19. The van der Waals surface area contributed by atoms with E-state index >= 15 is 0 Å². The van der Waals surface area contributed by atoms with E-state index in [4.69, 9.17) is 0 Å². The van der Waals surface area contributed by atoms with E-state index < -0.39 is 0 Å². The minimum absolute atomic E-state index is 0.227. The van der Waals surface area contributed by atoms with Crippen molar-refractivity contribution in [2.45, 2.75) is 26.3 Å². The van der Waals surface area contributed by atoms with Gasteiger partial charge in [0.1, 0.15) is 0 Å². The van der Waals surface area contributed by atoms with Crippen molar-refractivity contribution in [3.63, 3.8) is 0 Å². The summed E-state index contributed by atoms with van der Waals surface area (Å²) in [5.41, 5.74) is 4.79. The maximum Gasteiger partial charge on any atom is 0.221 e. The molecule has 0 aliphatic carbocycles. The highest BCUT2D eigenvalue weighted by atomic mass is 32.2. The molecule has 4 rings (SSSR count). The third-order valence-corrected chi connectivity index (χ3v) is 5.92. The molecule has 128 valence electrons. The van der Waals surface area contributed by atoms with Crippen LogP contribution in [0.3, 0.4) is 0 Å². The Bertz CT molecular complexity index is 957. The zero-order chi connectivity index (χ0) is 17.4. The van der Waals surface area contributed by atoms with E-state index in [0.29, 0.717) is 11.7 Å². The Morgan fingerprint density at radius 3 is 2.68 bits per heavy atom. The Balaban J connectivity index is 1.85. The average Bonchev–Trinajstić information content (AvgIpc) is 2.83. The lowest BCUT2D eigenvalue weighted by molar-refractivity contribution is 0.406. The molecule has 1 fully saturated rings. The minimum atomic E-state index is 0.227. The maximum absolute atomic E-state index is 10.8. The predicted molar refractivity (Wildman–Crippen MR) is 105 cm³/mol. The van der Waals surface area contributed by atoms with Gasteiger partial charge in [0.05, 0.1) is 17.2 Å². The van der Waals surface area contributed by atoms with E-state index in [-0.39, 0.29) is 5.88 Å². The summed E-state index contributed by atoms with van der Waals surface area (Å²) in [6, 6.07) is 14.6. The van der Waals surface area contributed by atoms with Gasteiger partial charge in [-0.15, -0.1) is 5.11 Å². The first-order chi connectivity index (χ1) is 12.2. The molecule has 0 atom stereocenters. The summed E-state index contributed by atoms with van der Waals surface area (Å²) in [4.78, 5) is 0. The van der Waals surface area contributed by atoms with Crippen LogP contribution in [0.2, 0.25) is 0 Å². The van der Waals surface area contributed by atoms with Crippen LogP contribution in [-0.4, -0.2) is 21.2 Å². The standard InChI is InChI=1S/C20H21N3OS/c1-3-14-7-8-18-17(10-14)19(20(24)23(18)16-11-25-12-16)22-21-15-6-4-5-13(2)9-15/h4-10,16,24H,3,11-12H2,1-2H3. The zero-order valence-electron chi connectivity index (χ0n) is 14.4. The molecule has 0 amide bonds. The molecule has 0 spiro atoms. The van der Waals surface area contributed by atoms with E-state index in [9.17, 15) is 5.11 Å². The number of nitrogens with zero attached hydrogens (tertiary/aromatic N) is 3. The molecule has 1 aromatic heterocycles. The van der Waals surface area contributed by atoms with Crippen LogP contribution < -0.4 is 0 Å². The largest absolute Gasteiger partial charge is 0.493 e. The molecule has 0 bridgehead atoms. The van der Waals surface area contributed by atoms with Gasteiger partial charge < -0.3 is 9.67 Å². The molecule has 5 heteroatoms. The first-order valence-corrected chi connectivity index (χ1v) is 9.74. The van der Waals surface area contributed by atoms with Gasteiger partial charge in [-0.2, -0.15) is 16.9 Å². The summed E-state index contributed by atoms with van der Waals surface area (Å²) in [5, 5.41) is 20.6. The fraction of sp³-hybridized carbons (Fsp3) is 0.300.